The van der Waals surface area contributed by atoms with Crippen molar-refractivity contribution in [3.05, 3.63) is 58.4 Å². The van der Waals surface area contributed by atoms with Gasteiger partial charge >= 0.3 is 16.3 Å². The smallest absolute Gasteiger partial charge is 0.450 e. The quantitative estimate of drug-likeness (QED) is 0.467. The summed E-state index contributed by atoms with van der Waals surface area (Å²) in [6.45, 7) is 0.878. The van der Waals surface area contributed by atoms with E-state index in [4.69, 9.17) is 0 Å². The lowest BCUT2D eigenvalue weighted by Crippen LogP contribution is -2.59. The fourth-order valence-electron chi connectivity index (χ4n) is 7.07. The molecule has 10 nitrogen and oxygen atoms in total. The normalized spacial score (nSPS) is 21.8. The second-order valence-electron chi connectivity index (χ2n) is 11.4. The lowest BCUT2D eigenvalue weighted by molar-refractivity contribution is 0.0980. The SMILES string of the molecule is CN(C)S(=O)(=O)NC(=O)c1c2c(n3c1-c1ccc(C4CCCCC4)c4c1[N@+](NC(=O)O)(C=CC4)CC3)CCC=C2. The molecule has 0 radical (unpaired) electrons. The monoisotopic (exact) mass is 566 g/mol. The van der Waals surface area contributed by atoms with Crippen LogP contribution in [0.15, 0.2) is 30.5 Å². The lowest BCUT2D eigenvalue weighted by atomic mass is 9.79. The Hall–Kier alpha value is -3.41. The van der Waals surface area contributed by atoms with Crippen molar-refractivity contribution in [3.63, 3.8) is 0 Å². The largest absolute Gasteiger partial charge is 0.462 e. The number of nitrogens with one attached hydrogen (secondary N) is 2. The molecule has 212 valence electrons. The van der Waals surface area contributed by atoms with Crippen LogP contribution in [-0.4, -0.2) is 55.0 Å². The number of fused-ring (bicyclic) bond motifs is 4. The van der Waals surface area contributed by atoms with E-state index < -0.39 is 22.2 Å². The third-order valence-electron chi connectivity index (χ3n) is 8.85. The zero-order valence-corrected chi connectivity index (χ0v) is 23.8. The minimum Gasteiger partial charge on any atom is -0.462 e. The number of allylic oxidation sites excluding steroid dienone is 2. The maximum Gasteiger partial charge on any atom is 0.450 e. The third-order valence-corrected chi connectivity index (χ3v) is 10.3. The van der Waals surface area contributed by atoms with E-state index in [-0.39, 0.29) is 4.59 Å². The van der Waals surface area contributed by atoms with Crippen molar-refractivity contribution in [2.24, 2.45) is 0 Å². The van der Waals surface area contributed by atoms with Crippen molar-refractivity contribution >= 4 is 34.0 Å². The molecule has 3 heterocycles. The Kier molecular flexibility index (Phi) is 6.63. The highest BCUT2D eigenvalue weighted by Gasteiger charge is 2.45. The molecule has 4 aliphatic rings. The number of nitrogens with zero attached hydrogens (tertiary/aromatic N) is 3. The molecule has 0 spiro atoms. The van der Waals surface area contributed by atoms with Crippen molar-refractivity contribution in [1.29, 1.82) is 0 Å². The Morgan fingerprint density at radius 2 is 1.90 bits per heavy atom. The average molecular weight is 567 g/mol. The molecule has 2 aliphatic heterocycles. The van der Waals surface area contributed by atoms with Crippen LogP contribution in [0.5, 0.6) is 0 Å². The molecule has 0 unspecified atom stereocenters. The summed E-state index contributed by atoms with van der Waals surface area (Å²) in [5.41, 5.74) is 9.43. The molecule has 1 fully saturated rings. The fourth-order valence-corrected chi connectivity index (χ4v) is 7.59. The molecule has 2 amide bonds. The van der Waals surface area contributed by atoms with E-state index in [1.165, 1.54) is 38.9 Å². The minimum absolute atomic E-state index is 0.0656. The molecule has 3 N–H and O–H groups in total. The second kappa shape index (κ2) is 9.90. The van der Waals surface area contributed by atoms with Gasteiger partial charge in [0, 0.05) is 37.3 Å². The maximum atomic E-state index is 13.8. The Morgan fingerprint density at radius 3 is 2.62 bits per heavy atom. The highest BCUT2D eigenvalue weighted by Crippen LogP contribution is 2.49. The second-order valence-corrected chi connectivity index (χ2v) is 13.2. The number of aromatic nitrogens is 1. The number of carbonyl (C=O) groups is 2. The van der Waals surface area contributed by atoms with Gasteiger partial charge in [0.25, 0.3) is 5.91 Å². The zero-order valence-electron chi connectivity index (χ0n) is 22.9. The molecule has 1 saturated carbocycles. The van der Waals surface area contributed by atoms with E-state index in [0.717, 1.165) is 51.6 Å². The average Bonchev–Trinajstić information content (AvgIpc) is 3.18. The summed E-state index contributed by atoms with van der Waals surface area (Å²) in [5, 5.41) is 9.98. The van der Waals surface area contributed by atoms with Gasteiger partial charge in [-0.3, -0.25) is 4.79 Å². The first-order chi connectivity index (χ1) is 19.1. The molecule has 1 atom stereocenters. The Bertz CT molecular complexity index is 1570. The van der Waals surface area contributed by atoms with Gasteiger partial charge < -0.3 is 9.67 Å². The van der Waals surface area contributed by atoms with Gasteiger partial charge in [-0.25, -0.2) is 9.52 Å². The number of hydrogen-bond acceptors (Lipinski definition) is 4. The van der Waals surface area contributed by atoms with Crippen molar-refractivity contribution in [2.45, 2.75) is 63.8 Å². The minimum atomic E-state index is -4.03. The van der Waals surface area contributed by atoms with Crippen molar-refractivity contribution < 1.29 is 23.1 Å². The summed E-state index contributed by atoms with van der Waals surface area (Å²) in [6.07, 6.45) is 14.7. The van der Waals surface area contributed by atoms with Crippen LogP contribution in [0.25, 0.3) is 17.3 Å². The highest BCUT2D eigenvalue weighted by atomic mass is 32.2. The van der Waals surface area contributed by atoms with Gasteiger partial charge in [0.1, 0.15) is 12.7 Å². The fraction of sp³-hybridized carbons (Fsp3) is 0.448. The van der Waals surface area contributed by atoms with E-state index in [1.54, 1.807) is 0 Å². The number of amides is 2. The van der Waals surface area contributed by atoms with Crippen LogP contribution < -0.4 is 14.7 Å². The number of carbonyl (C=O) groups excluding carboxylic acids is 1. The van der Waals surface area contributed by atoms with E-state index in [2.05, 4.69) is 20.8 Å². The molecule has 1 aromatic carbocycles. The Balaban J connectivity index is 1.63. The first-order valence-corrected chi connectivity index (χ1v) is 15.5. The van der Waals surface area contributed by atoms with Crippen LogP contribution in [0.4, 0.5) is 10.5 Å². The Morgan fingerprint density at radius 1 is 1.12 bits per heavy atom. The molecule has 0 bridgehead atoms. The standard InChI is InChI=1S/C29H35N5O5S/c1-32(2)40(38,39)31-28(35)25-22-11-6-7-13-24(22)33-16-18-34(30-29(36)37)17-8-12-21-20(19-9-4-3-5-10-19)14-15-23(26(25)33)27(21)34/h6,8,11,14-15,17,19,30H,3-5,7,9-10,12-13,16,18H2,1-2H3,(H-,31,35,36,37)/p+1/t34-/m0/s1. The molecular formula is C29H36N5O5S+. The number of rotatable bonds is 5. The predicted molar refractivity (Wildman–Crippen MR) is 154 cm³/mol. The van der Waals surface area contributed by atoms with Crippen molar-refractivity contribution in [3.8, 4) is 11.3 Å². The molecule has 40 heavy (non-hydrogen) atoms. The highest BCUT2D eigenvalue weighted by molar-refractivity contribution is 7.87. The van der Waals surface area contributed by atoms with Crippen LogP contribution in [0.3, 0.4) is 0 Å². The van der Waals surface area contributed by atoms with Crippen LogP contribution >= 0.6 is 0 Å². The summed E-state index contributed by atoms with van der Waals surface area (Å²) in [4.78, 5) is 26.0. The molecule has 0 saturated heterocycles. The number of benzene rings is 1. The van der Waals surface area contributed by atoms with Crippen molar-refractivity contribution in [1.82, 2.24) is 23.6 Å². The van der Waals surface area contributed by atoms with E-state index >= 15 is 0 Å². The van der Waals surface area contributed by atoms with Gasteiger partial charge in [-0.05, 0) is 49.3 Å². The van der Waals surface area contributed by atoms with Gasteiger partial charge in [-0.1, -0.05) is 37.5 Å². The topological polar surface area (TPSA) is 121 Å². The van der Waals surface area contributed by atoms with Crippen LogP contribution in [-0.2, 0) is 29.6 Å². The molecule has 1 aromatic heterocycles. The lowest BCUT2D eigenvalue weighted by Gasteiger charge is -2.37. The van der Waals surface area contributed by atoms with Crippen LogP contribution in [0.2, 0.25) is 0 Å². The summed E-state index contributed by atoms with van der Waals surface area (Å²) < 4.78 is 30.7. The first-order valence-electron chi connectivity index (χ1n) is 14.0. The summed E-state index contributed by atoms with van der Waals surface area (Å²) in [6, 6.07) is 4.19. The molecule has 6 rings (SSSR count). The van der Waals surface area contributed by atoms with Crippen molar-refractivity contribution in [2.75, 3.05) is 20.6 Å². The van der Waals surface area contributed by atoms with Gasteiger partial charge in [-0.2, -0.15) is 22.7 Å². The molecular weight excluding hydrogens is 530 g/mol. The van der Waals surface area contributed by atoms with Gasteiger partial charge in [-0.15, -0.1) is 0 Å². The number of quaternary nitrogens is 1. The van der Waals surface area contributed by atoms with E-state index in [0.29, 0.717) is 43.1 Å². The molecule has 2 aliphatic carbocycles. The van der Waals surface area contributed by atoms with Crippen LogP contribution in [0, 0.1) is 0 Å². The third kappa shape index (κ3) is 4.27. The summed E-state index contributed by atoms with van der Waals surface area (Å²) in [5.74, 6) is -0.278. The number of hydrogen-bond donors (Lipinski definition) is 3. The molecule has 2 aromatic rings. The summed E-state index contributed by atoms with van der Waals surface area (Å²) >= 11 is 0. The predicted octanol–water partition coefficient (Wildman–Crippen LogP) is 4.27. The first kappa shape index (κ1) is 26.8. The maximum absolute atomic E-state index is 13.8. The Labute approximate surface area is 234 Å². The van der Waals surface area contributed by atoms with E-state index in [9.17, 15) is 23.1 Å². The van der Waals surface area contributed by atoms with Crippen LogP contribution in [0.1, 0.15) is 77.2 Å². The van der Waals surface area contributed by atoms with E-state index in [1.807, 2.05) is 30.5 Å². The van der Waals surface area contributed by atoms with Gasteiger partial charge in [0.2, 0.25) is 0 Å². The summed E-state index contributed by atoms with van der Waals surface area (Å²) in [7, 11) is -1.28. The van der Waals surface area contributed by atoms with Gasteiger partial charge in [0.05, 0.1) is 23.4 Å². The molecule has 11 heteroatoms. The zero-order chi connectivity index (χ0) is 28.2. The van der Waals surface area contributed by atoms with Gasteiger partial charge in [0.15, 0.2) is 5.69 Å². The number of carboxylic acid groups (broad SMARTS) is 1.